The summed E-state index contributed by atoms with van der Waals surface area (Å²) in [7, 11) is 0. The van der Waals surface area contributed by atoms with Gasteiger partial charge < -0.3 is 16.4 Å². The van der Waals surface area contributed by atoms with Crippen LogP contribution in [0.4, 0.5) is 11.4 Å². The maximum absolute atomic E-state index is 12.0. The molecule has 0 saturated carbocycles. The molecule has 0 aliphatic carbocycles. The molecular formula is C16H15N3O2. The van der Waals surface area contributed by atoms with E-state index in [1.807, 2.05) is 30.3 Å². The summed E-state index contributed by atoms with van der Waals surface area (Å²) >= 11 is 0. The summed E-state index contributed by atoms with van der Waals surface area (Å²) < 4.78 is 0. The van der Waals surface area contributed by atoms with Crippen LogP contribution in [-0.2, 0) is 4.79 Å². The van der Waals surface area contributed by atoms with Crippen LogP contribution >= 0.6 is 0 Å². The highest BCUT2D eigenvalue weighted by molar-refractivity contribution is 6.00. The maximum atomic E-state index is 12.0. The molecule has 0 bridgehead atoms. The molecule has 5 heteroatoms. The molecule has 2 amide bonds. The van der Waals surface area contributed by atoms with Crippen LogP contribution in [0.3, 0.4) is 0 Å². The number of amides is 2. The van der Waals surface area contributed by atoms with Crippen molar-refractivity contribution in [3.8, 4) is 0 Å². The SMILES string of the molecule is NC(=O)c1ccc2c(c1)NC(=O)CC(c1ccccc1)N2. The van der Waals surface area contributed by atoms with Crippen LogP contribution in [0, 0.1) is 0 Å². The number of fused-ring (bicyclic) bond motifs is 1. The molecule has 1 aliphatic heterocycles. The summed E-state index contributed by atoms with van der Waals surface area (Å²) in [5.74, 6) is -0.618. The Morgan fingerprint density at radius 3 is 2.57 bits per heavy atom. The zero-order valence-electron chi connectivity index (χ0n) is 11.3. The molecule has 0 fully saturated rings. The predicted molar refractivity (Wildman–Crippen MR) is 81.0 cm³/mol. The highest BCUT2D eigenvalue weighted by Crippen LogP contribution is 2.32. The van der Waals surface area contributed by atoms with Gasteiger partial charge in [0, 0.05) is 5.56 Å². The third-order valence-corrected chi connectivity index (χ3v) is 3.50. The van der Waals surface area contributed by atoms with Crippen molar-refractivity contribution in [3.63, 3.8) is 0 Å². The van der Waals surface area contributed by atoms with Crippen LogP contribution < -0.4 is 16.4 Å². The number of hydrogen-bond donors (Lipinski definition) is 3. The van der Waals surface area contributed by atoms with Crippen LogP contribution in [0.1, 0.15) is 28.4 Å². The minimum Gasteiger partial charge on any atom is -0.376 e. The fourth-order valence-electron chi connectivity index (χ4n) is 2.44. The van der Waals surface area contributed by atoms with E-state index in [-0.39, 0.29) is 11.9 Å². The number of carbonyl (C=O) groups is 2. The van der Waals surface area contributed by atoms with Gasteiger partial charge in [-0.1, -0.05) is 30.3 Å². The average Bonchev–Trinajstić information content (AvgIpc) is 2.65. The zero-order chi connectivity index (χ0) is 14.8. The molecule has 21 heavy (non-hydrogen) atoms. The number of hydrogen-bond acceptors (Lipinski definition) is 3. The van der Waals surface area contributed by atoms with Crippen LogP contribution in [-0.4, -0.2) is 11.8 Å². The first-order valence-electron chi connectivity index (χ1n) is 6.68. The standard InChI is InChI=1S/C16H15N3O2/c17-16(21)11-6-7-12-14(8-11)19-15(20)9-13(18-12)10-4-2-1-3-5-10/h1-8,13,18H,9H2,(H2,17,21)(H,19,20). The minimum atomic E-state index is -0.518. The Kier molecular flexibility index (Phi) is 3.31. The highest BCUT2D eigenvalue weighted by Gasteiger charge is 2.22. The summed E-state index contributed by atoms with van der Waals surface area (Å²) in [6.45, 7) is 0. The topological polar surface area (TPSA) is 84.2 Å². The number of anilines is 2. The molecular weight excluding hydrogens is 266 g/mol. The lowest BCUT2D eigenvalue weighted by Crippen LogP contribution is -2.15. The number of rotatable bonds is 2. The van der Waals surface area contributed by atoms with Gasteiger partial charge in [0.05, 0.1) is 23.8 Å². The molecule has 1 unspecified atom stereocenters. The van der Waals surface area contributed by atoms with Gasteiger partial charge in [0.2, 0.25) is 11.8 Å². The minimum absolute atomic E-state index is 0.100. The van der Waals surface area contributed by atoms with Crippen LogP contribution in [0.15, 0.2) is 48.5 Å². The quantitative estimate of drug-likeness (QED) is 0.789. The molecule has 1 atom stereocenters. The molecule has 0 spiro atoms. The lowest BCUT2D eigenvalue weighted by atomic mass is 10.0. The molecule has 0 radical (unpaired) electrons. The van der Waals surface area contributed by atoms with Gasteiger partial charge in [-0.3, -0.25) is 9.59 Å². The van der Waals surface area contributed by atoms with Crippen molar-refractivity contribution in [3.05, 3.63) is 59.7 Å². The number of nitrogens with two attached hydrogens (primary N) is 1. The van der Waals surface area contributed by atoms with Crippen molar-refractivity contribution in [2.45, 2.75) is 12.5 Å². The van der Waals surface area contributed by atoms with Crippen molar-refractivity contribution in [1.29, 1.82) is 0 Å². The first-order valence-corrected chi connectivity index (χ1v) is 6.68. The lowest BCUT2D eigenvalue weighted by Gasteiger charge is -2.17. The van der Waals surface area contributed by atoms with Gasteiger partial charge in [-0.05, 0) is 23.8 Å². The van der Waals surface area contributed by atoms with Gasteiger partial charge in [0.15, 0.2) is 0 Å². The first kappa shape index (κ1) is 13.2. The van der Waals surface area contributed by atoms with Gasteiger partial charge in [0.25, 0.3) is 0 Å². The maximum Gasteiger partial charge on any atom is 0.248 e. The summed E-state index contributed by atoms with van der Waals surface area (Å²) in [5, 5.41) is 6.15. The van der Waals surface area contributed by atoms with Crippen LogP contribution in [0.2, 0.25) is 0 Å². The van der Waals surface area contributed by atoms with Crippen LogP contribution in [0.5, 0.6) is 0 Å². The molecule has 1 aliphatic rings. The fraction of sp³-hybridized carbons (Fsp3) is 0.125. The average molecular weight is 281 g/mol. The van der Waals surface area contributed by atoms with Gasteiger partial charge in [-0.2, -0.15) is 0 Å². The second kappa shape index (κ2) is 5.28. The molecule has 2 aromatic carbocycles. The fourth-order valence-corrected chi connectivity index (χ4v) is 2.44. The van der Waals surface area contributed by atoms with Crippen LogP contribution in [0.25, 0.3) is 0 Å². The number of benzene rings is 2. The summed E-state index contributed by atoms with van der Waals surface area (Å²) in [4.78, 5) is 23.3. The van der Waals surface area contributed by atoms with E-state index in [1.54, 1.807) is 18.2 Å². The Balaban J connectivity index is 1.97. The van der Waals surface area contributed by atoms with E-state index >= 15 is 0 Å². The van der Waals surface area contributed by atoms with Crippen molar-refractivity contribution in [1.82, 2.24) is 0 Å². The first-order chi connectivity index (χ1) is 10.1. The van der Waals surface area contributed by atoms with E-state index in [1.165, 1.54) is 0 Å². The third kappa shape index (κ3) is 2.72. The lowest BCUT2D eigenvalue weighted by molar-refractivity contribution is -0.116. The normalized spacial score (nSPS) is 17.1. The Bertz CT molecular complexity index is 698. The number of nitrogens with one attached hydrogen (secondary N) is 2. The van der Waals surface area contributed by atoms with E-state index in [4.69, 9.17) is 5.73 Å². The monoisotopic (exact) mass is 281 g/mol. The highest BCUT2D eigenvalue weighted by atomic mass is 16.2. The second-order valence-corrected chi connectivity index (χ2v) is 4.98. The smallest absolute Gasteiger partial charge is 0.248 e. The Morgan fingerprint density at radius 2 is 1.86 bits per heavy atom. The molecule has 106 valence electrons. The summed E-state index contributed by atoms with van der Waals surface area (Å²) in [5.41, 5.74) is 8.03. The van der Waals surface area contributed by atoms with Gasteiger partial charge in [0.1, 0.15) is 0 Å². The predicted octanol–water partition coefficient (Wildman–Crippen LogP) is 2.28. The van der Waals surface area contributed by atoms with E-state index < -0.39 is 5.91 Å². The van der Waals surface area contributed by atoms with E-state index in [2.05, 4.69) is 10.6 Å². The van der Waals surface area contributed by atoms with Gasteiger partial charge in [-0.25, -0.2) is 0 Å². The molecule has 1 heterocycles. The van der Waals surface area contributed by atoms with Crippen molar-refractivity contribution in [2.24, 2.45) is 5.73 Å². The Labute approximate surface area is 122 Å². The zero-order valence-corrected chi connectivity index (χ0v) is 11.3. The molecule has 0 aromatic heterocycles. The molecule has 0 saturated heterocycles. The molecule has 2 aromatic rings. The summed E-state index contributed by atoms with van der Waals surface area (Å²) in [6, 6.07) is 14.7. The van der Waals surface area contributed by atoms with Gasteiger partial charge >= 0.3 is 0 Å². The Morgan fingerprint density at radius 1 is 1.10 bits per heavy atom. The van der Waals surface area contributed by atoms with Gasteiger partial charge in [-0.15, -0.1) is 0 Å². The summed E-state index contributed by atoms with van der Waals surface area (Å²) in [6.07, 6.45) is 0.324. The Hall–Kier alpha value is -2.82. The number of primary amides is 1. The largest absolute Gasteiger partial charge is 0.376 e. The van der Waals surface area contributed by atoms with E-state index in [0.717, 1.165) is 11.3 Å². The molecule has 5 nitrogen and oxygen atoms in total. The van der Waals surface area contributed by atoms with Crippen molar-refractivity contribution >= 4 is 23.2 Å². The molecule has 4 N–H and O–H groups in total. The van der Waals surface area contributed by atoms with Crippen molar-refractivity contribution < 1.29 is 9.59 Å². The van der Waals surface area contributed by atoms with Crippen molar-refractivity contribution in [2.75, 3.05) is 10.6 Å². The van der Waals surface area contributed by atoms with E-state index in [9.17, 15) is 9.59 Å². The van der Waals surface area contributed by atoms with E-state index in [0.29, 0.717) is 17.7 Å². The number of carbonyl (C=O) groups excluding carboxylic acids is 2. The third-order valence-electron chi connectivity index (χ3n) is 3.50. The second-order valence-electron chi connectivity index (χ2n) is 4.98. The molecule has 3 rings (SSSR count).